The van der Waals surface area contributed by atoms with E-state index in [1.54, 1.807) is 68.9 Å². The molecule has 0 aliphatic carbocycles. The maximum absolute atomic E-state index is 14.5. The molecule has 2 atom stereocenters. The number of rotatable bonds is 10. The number of fused-ring (bicyclic) bond motifs is 1. The molecular weight excluding hydrogens is 562 g/mol. The number of hydrogen-bond donors (Lipinski definition) is 3. The minimum atomic E-state index is -4.92. The van der Waals surface area contributed by atoms with Crippen LogP contribution < -0.4 is 5.32 Å². The molecule has 0 aliphatic heterocycles. The Morgan fingerprint density at radius 1 is 1.07 bits per heavy atom. The molecule has 3 N–H and O–H groups in total. The van der Waals surface area contributed by atoms with Gasteiger partial charge in [0.15, 0.2) is 5.60 Å². The van der Waals surface area contributed by atoms with E-state index in [0.717, 1.165) is 5.56 Å². The molecule has 43 heavy (non-hydrogen) atoms. The molecule has 1 heterocycles. The number of amides is 1. The second kappa shape index (κ2) is 12.1. The van der Waals surface area contributed by atoms with Gasteiger partial charge < -0.3 is 15.5 Å². The van der Waals surface area contributed by atoms with Gasteiger partial charge in [0.2, 0.25) is 0 Å². The number of hydrogen-bond acceptors (Lipinski definition) is 4. The molecule has 0 fully saturated rings. The summed E-state index contributed by atoms with van der Waals surface area (Å²) in [5, 5.41) is 28.4. The maximum atomic E-state index is 14.5. The van der Waals surface area contributed by atoms with E-state index in [4.69, 9.17) is 0 Å². The number of nitrogens with one attached hydrogen (secondary N) is 1. The smallest absolute Gasteiger partial charge is 0.392 e. The van der Waals surface area contributed by atoms with Crippen molar-refractivity contribution in [2.75, 3.05) is 6.54 Å². The average molecular weight is 600 g/mol. The minimum Gasteiger partial charge on any atom is -0.392 e. The quantitative estimate of drug-likeness (QED) is 0.182. The normalized spacial score (nSPS) is 14.5. The SMILES string of the molecule is Cc1cc(CCC(O)(CC(C)(C)c2cc(F)ccc2C)C(F)(F)F)c2cnn(-c3cccc(C(=O)NC[C@H](C)O)c3)c2c1. The summed E-state index contributed by atoms with van der Waals surface area (Å²) >= 11 is 0. The maximum Gasteiger partial charge on any atom is 0.417 e. The molecule has 230 valence electrons. The highest BCUT2D eigenvalue weighted by Gasteiger charge is 2.55. The second-order valence-electron chi connectivity index (χ2n) is 12.1. The lowest BCUT2D eigenvalue weighted by Gasteiger charge is -2.38. The van der Waals surface area contributed by atoms with Gasteiger partial charge in [-0.3, -0.25) is 4.79 Å². The van der Waals surface area contributed by atoms with Gasteiger partial charge in [0.1, 0.15) is 5.82 Å². The van der Waals surface area contributed by atoms with Crippen molar-refractivity contribution in [3.05, 3.63) is 94.4 Å². The summed E-state index contributed by atoms with van der Waals surface area (Å²) in [6.07, 6.45) is -5.39. The first kappa shape index (κ1) is 32.2. The number of aliphatic hydroxyl groups is 2. The zero-order valence-corrected chi connectivity index (χ0v) is 24.9. The van der Waals surface area contributed by atoms with Gasteiger partial charge >= 0.3 is 6.18 Å². The number of aryl methyl sites for hydroxylation is 3. The summed E-state index contributed by atoms with van der Waals surface area (Å²) in [5.41, 5.74) is -0.176. The van der Waals surface area contributed by atoms with Crippen LogP contribution in [-0.2, 0) is 11.8 Å². The van der Waals surface area contributed by atoms with Gasteiger partial charge in [0, 0.05) is 17.5 Å². The second-order valence-corrected chi connectivity index (χ2v) is 12.1. The Bertz CT molecular complexity index is 1630. The van der Waals surface area contributed by atoms with E-state index in [2.05, 4.69) is 10.4 Å². The molecule has 1 aromatic heterocycles. The molecule has 0 bridgehead atoms. The number of carbonyl (C=O) groups excluding carboxylic acids is 1. The number of aliphatic hydroxyl groups excluding tert-OH is 1. The molecular formula is C33H37F4N3O3. The van der Waals surface area contributed by atoms with Crippen molar-refractivity contribution in [2.24, 2.45) is 0 Å². The van der Waals surface area contributed by atoms with E-state index in [0.29, 0.717) is 38.8 Å². The number of alkyl halides is 3. The van der Waals surface area contributed by atoms with Crippen molar-refractivity contribution in [3.8, 4) is 5.69 Å². The topological polar surface area (TPSA) is 87.4 Å². The van der Waals surface area contributed by atoms with Gasteiger partial charge in [0.05, 0.1) is 23.5 Å². The fourth-order valence-corrected chi connectivity index (χ4v) is 5.71. The Morgan fingerprint density at radius 2 is 1.79 bits per heavy atom. The van der Waals surface area contributed by atoms with Crippen LogP contribution in [0.3, 0.4) is 0 Å². The van der Waals surface area contributed by atoms with E-state index < -0.39 is 42.0 Å². The number of nitrogens with zero attached hydrogens (tertiary/aromatic N) is 2. The van der Waals surface area contributed by atoms with E-state index >= 15 is 0 Å². The molecule has 1 amide bonds. The lowest BCUT2D eigenvalue weighted by Crippen LogP contribution is -2.49. The number of aromatic nitrogens is 2. The van der Waals surface area contributed by atoms with Gasteiger partial charge in [-0.05, 0) is 104 Å². The first-order chi connectivity index (χ1) is 20.0. The van der Waals surface area contributed by atoms with E-state index in [1.807, 2.05) is 13.0 Å². The first-order valence-electron chi connectivity index (χ1n) is 14.1. The Morgan fingerprint density at radius 3 is 2.47 bits per heavy atom. The van der Waals surface area contributed by atoms with Crippen LogP contribution in [0.15, 0.2) is 60.8 Å². The van der Waals surface area contributed by atoms with Crippen LogP contribution in [0.5, 0.6) is 0 Å². The van der Waals surface area contributed by atoms with Gasteiger partial charge in [-0.1, -0.05) is 32.0 Å². The third-order valence-corrected chi connectivity index (χ3v) is 7.83. The molecule has 0 saturated heterocycles. The fourth-order valence-electron chi connectivity index (χ4n) is 5.71. The molecule has 0 aliphatic rings. The van der Waals surface area contributed by atoms with Crippen LogP contribution in [-0.4, -0.2) is 50.3 Å². The van der Waals surface area contributed by atoms with E-state index in [9.17, 15) is 32.6 Å². The van der Waals surface area contributed by atoms with Gasteiger partial charge in [-0.2, -0.15) is 18.3 Å². The van der Waals surface area contributed by atoms with Crippen molar-refractivity contribution in [1.82, 2.24) is 15.1 Å². The molecule has 0 radical (unpaired) electrons. The predicted octanol–water partition coefficient (Wildman–Crippen LogP) is 6.49. The fraction of sp³-hybridized carbons (Fsp3) is 0.394. The Labute approximate surface area is 248 Å². The molecule has 10 heteroatoms. The molecule has 6 nitrogen and oxygen atoms in total. The van der Waals surface area contributed by atoms with Crippen molar-refractivity contribution >= 4 is 16.8 Å². The van der Waals surface area contributed by atoms with Crippen molar-refractivity contribution in [1.29, 1.82) is 0 Å². The van der Waals surface area contributed by atoms with E-state index in [-0.39, 0.29) is 18.9 Å². The highest BCUT2D eigenvalue weighted by molar-refractivity contribution is 5.95. The zero-order chi connectivity index (χ0) is 31.7. The summed E-state index contributed by atoms with van der Waals surface area (Å²) in [7, 11) is 0. The van der Waals surface area contributed by atoms with Crippen LogP contribution in [0.2, 0.25) is 0 Å². The van der Waals surface area contributed by atoms with Crippen LogP contribution in [0.1, 0.15) is 66.2 Å². The Balaban J connectivity index is 1.65. The average Bonchev–Trinajstić information content (AvgIpc) is 3.34. The molecule has 4 aromatic rings. The first-order valence-corrected chi connectivity index (χ1v) is 14.1. The van der Waals surface area contributed by atoms with Crippen LogP contribution in [0, 0.1) is 19.7 Å². The van der Waals surface area contributed by atoms with Crippen molar-refractivity contribution < 1.29 is 32.6 Å². The lowest BCUT2D eigenvalue weighted by molar-refractivity contribution is -0.269. The highest BCUT2D eigenvalue weighted by Crippen LogP contribution is 2.44. The third kappa shape index (κ3) is 7.08. The molecule has 0 spiro atoms. The highest BCUT2D eigenvalue weighted by atomic mass is 19.4. The Hall–Kier alpha value is -3.76. The van der Waals surface area contributed by atoms with E-state index in [1.165, 1.54) is 18.2 Å². The lowest BCUT2D eigenvalue weighted by atomic mass is 9.72. The third-order valence-electron chi connectivity index (χ3n) is 7.83. The van der Waals surface area contributed by atoms with Gasteiger partial charge in [0.25, 0.3) is 5.91 Å². The summed E-state index contributed by atoms with van der Waals surface area (Å²) < 4.78 is 59.0. The minimum absolute atomic E-state index is 0.0834. The number of benzene rings is 3. The molecule has 3 aromatic carbocycles. The van der Waals surface area contributed by atoms with Gasteiger partial charge in [-0.25, -0.2) is 9.07 Å². The molecule has 1 unspecified atom stereocenters. The van der Waals surface area contributed by atoms with Crippen LogP contribution in [0.25, 0.3) is 16.6 Å². The monoisotopic (exact) mass is 599 g/mol. The number of halogens is 4. The summed E-state index contributed by atoms with van der Waals surface area (Å²) in [6, 6.07) is 14.4. The largest absolute Gasteiger partial charge is 0.417 e. The van der Waals surface area contributed by atoms with Gasteiger partial charge in [-0.15, -0.1) is 0 Å². The van der Waals surface area contributed by atoms with Crippen molar-refractivity contribution in [3.63, 3.8) is 0 Å². The standard InChI is InChI=1S/C33H37F4N3O3/c1-20-13-23(11-12-32(43,33(35,36)37)19-31(4,5)28-16-25(34)10-9-21(28)2)27-18-39-40(29(27)14-20)26-8-6-7-24(15-26)30(42)38-17-22(3)41/h6-10,13-16,18,22,41,43H,11-12,17,19H2,1-5H3,(H,38,42)/t22-,32?/m0/s1. The predicted molar refractivity (Wildman–Crippen MR) is 158 cm³/mol. The van der Waals surface area contributed by atoms with Crippen molar-refractivity contribution in [2.45, 2.75) is 77.2 Å². The number of carbonyl (C=O) groups is 1. The summed E-state index contributed by atoms with van der Waals surface area (Å²) in [4.78, 5) is 12.5. The van der Waals surface area contributed by atoms with Crippen LogP contribution >= 0.6 is 0 Å². The zero-order valence-electron chi connectivity index (χ0n) is 24.9. The molecule has 0 saturated carbocycles. The molecule has 4 rings (SSSR count). The van der Waals surface area contributed by atoms with Crippen LogP contribution in [0.4, 0.5) is 17.6 Å². The summed E-state index contributed by atoms with van der Waals surface area (Å²) in [6.45, 7) is 8.36. The Kier molecular flexibility index (Phi) is 9.04. The summed E-state index contributed by atoms with van der Waals surface area (Å²) in [5.74, 6) is -0.909.